The van der Waals surface area contributed by atoms with E-state index in [-0.39, 0.29) is 70.8 Å². The van der Waals surface area contributed by atoms with Crippen LogP contribution in [0.15, 0.2) is 190 Å². The van der Waals surface area contributed by atoms with Gasteiger partial charge in [-0.2, -0.15) is 0 Å². The molecule has 0 aromatic heterocycles. The molecule has 0 radical (unpaired) electrons. The summed E-state index contributed by atoms with van der Waals surface area (Å²) in [5.41, 5.74) is 0. The van der Waals surface area contributed by atoms with Crippen molar-refractivity contribution in [3.8, 4) is 0 Å². The summed E-state index contributed by atoms with van der Waals surface area (Å²) < 4.78 is 56.8. The van der Waals surface area contributed by atoms with E-state index >= 15 is 13.7 Å². The average molecular weight is 1240 g/mol. The predicted octanol–water partition coefficient (Wildman–Crippen LogP) is 7.40. The molecule has 257 valence electrons. The first-order chi connectivity index (χ1) is 23.9. The van der Waals surface area contributed by atoms with Gasteiger partial charge < -0.3 is 13.7 Å². The fourth-order valence-corrected chi connectivity index (χ4v) is 40.8. The predicted molar refractivity (Wildman–Crippen MR) is 225 cm³/mol. The maximum absolute atomic E-state index is 16.6. The van der Waals surface area contributed by atoms with Gasteiger partial charge in [0, 0.05) is 31.8 Å². The maximum atomic E-state index is 16.6. The Morgan fingerprint density at radius 3 is 0.765 bits per heavy atom. The van der Waals surface area contributed by atoms with E-state index in [2.05, 4.69) is 6.19 Å². The molecule has 0 amide bonds. The summed E-state index contributed by atoms with van der Waals surface area (Å²) in [6.07, 6.45) is 0. The van der Waals surface area contributed by atoms with E-state index in [4.69, 9.17) is 0 Å². The van der Waals surface area contributed by atoms with E-state index in [1.165, 1.54) is 0 Å². The van der Waals surface area contributed by atoms with Crippen LogP contribution in [-0.2, 0) is 38.4 Å². The summed E-state index contributed by atoms with van der Waals surface area (Å²) in [5, 5.41) is 1.80. The van der Waals surface area contributed by atoms with E-state index in [1.807, 2.05) is 182 Å². The quantitative estimate of drug-likeness (QED) is 0.112. The molecule has 0 fully saturated rings. The molecule has 1 aliphatic rings. The summed E-state index contributed by atoms with van der Waals surface area (Å²) in [5.74, 6) is 0. The first-order valence-corrected chi connectivity index (χ1v) is 30.2. The van der Waals surface area contributed by atoms with Crippen LogP contribution in [0, 0.1) is 0 Å². The SMILES string of the molecule is Cl.Cl.O=P(c1ccccc1)(c1ccccc1)C(P(=O)(c1ccccc1)c1ccccc1)P(=O)(c1ccccc1)c1ccccc1.[Zr][C]1=[Bi][CH]=[CH][BiH]1. The van der Waals surface area contributed by atoms with Gasteiger partial charge in [-0.15, -0.1) is 24.8 Å². The Morgan fingerprint density at radius 2 is 0.627 bits per heavy atom. The van der Waals surface area contributed by atoms with Crippen molar-refractivity contribution < 1.29 is 38.4 Å². The molecule has 11 heteroatoms. The second kappa shape index (κ2) is 20.0. The molecule has 0 bridgehead atoms. The van der Waals surface area contributed by atoms with Crippen LogP contribution in [0.2, 0.25) is 0 Å². The summed E-state index contributed by atoms with van der Waals surface area (Å²) in [6.45, 7) is 0. The van der Waals surface area contributed by atoms with Gasteiger partial charge in [0.25, 0.3) is 0 Å². The zero-order chi connectivity index (χ0) is 34.2. The molecule has 0 aliphatic carbocycles. The molecular weight excluding hydrogens is 1200 g/mol. The Kier molecular flexibility index (Phi) is 16.7. The van der Waals surface area contributed by atoms with Gasteiger partial charge >= 0.3 is 76.9 Å². The van der Waals surface area contributed by atoms with Crippen LogP contribution in [-0.4, -0.2) is 49.7 Å². The van der Waals surface area contributed by atoms with Gasteiger partial charge in [0.1, 0.15) is 5.14 Å². The minimum atomic E-state index is -3.97. The summed E-state index contributed by atoms with van der Waals surface area (Å²) in [6, 6.07) is 55.2. The molecule has 6 aromatic rings. The van der Waals surface area contributed by atoms with E-state index < -0.39 is 26.6 Å². The van der Waals surface area contributed by atoms with Crippen LogP contribution in [0.5, 0.6) is 0 Å². The number of halogens is 2. The molecule has 3 nitrogen and oxygen atoms in total. The normalized spacial score (nSPS) is 12.4. The first-order valence-electron chi connectivity index (χ1n) is 15.7. The van der Waals surface area contributed by atoms with Crippen molar-refractivity contribution in [2.24, 2.45) is 0 Å². The van der Waals surface area contributed by atoms with E-state index in [0.29, 0.717) is 31.8 Å². The van der Waals surface area contributed by atoms with Crippen molar-refractivity contribution >= 4 is 123 Å². The van der Waals surface area contributed by atoms with Crippen LogP contribution in [0.25, 0.3) is 0 Å². The van der Waals surface area contributed by atoms with Gasteiger partial charge in [-0.05, 0) is 0 Å². The molecule has 1 aliphatic heterocycles. The Bertz CT molecular complexity index is 1840. The van der Waals surface area contributed by atoms with Gasteiger partial charge in [0.05, 0.1) is 0 Å². The Morgan fingerprint density at radius 1 is 0.412 bits per heavy atom. The van der Waals surface area contributed by atoms with Crippen LogP contribution < -0.4 is 31.8 Å². The molecule has 7 rings (SSSR count). The molecule has 6 aromatic carbocycles. The summed E-state index contributed by atoms with van der Waals surface area (Å²) in [4.78, 5) is 0. The van der Waals surface area contributed by atoms with Crippen molar-refractivity contribution in [1.29, 1.82) is 0 Å². The number of hydrogen-bond donors (Lipinski definition) is 0. The van der Waals surface area contributed by atoms with Crippen molar-refractivity contribution in [3.05, 3.63) is 190 Å². The molecule has 0 spiro atoms. The summed E-state index contributed by atoms with van der Waals surface area (Å²) >= 11 is 1.73. The number of benzene rings is 6. The first kappa shape index (κ1) is 42.6. The van der Waals surface area contributed by atoms with Gasteiger partial charge in [-0.3, -0.25) is 0 Å². The van der Waals surface area contributed by atoms with Crippen LogP contribution >= 0.6 is 46.2 Å². The topological polar surface area (TPSA) is 51.2 Å². The van der Waals surface area contributed by atoms with Crippen LogP contribution in [0.4, 0.5) is 0 Å². The third-order valence-electron chi connectivity index (χ3n) is 8.31. The Hall–Kier alpha value is -1.15. The Labute approximate surface area is 351 Å². The van der Waals surface area contributed by atoms with E-state index in [9.17, 15) is 0 Å². The van der Waals surface area contributed by atoms with E-state index in [1.54, 1.807) is 24.7 Å². The average Bonchev–Trinajstić information content (AvgIpc) is 3.67. The van der Waals surface area contributed by atoms with E-state index in [0.717, 1.165) is 0 Å². The van der Waals surface area contributed by atoms with Crippen LogP contribution in [0.1, 0.15) is 0 Å². The fourth-order valence-electron chi connectivity index (χ4n) is 6.10. The van der Waals surface area contributed by atoms with Crippen LogP contribution in [0.3, 0.4) is 0 Å². The molecule has 0 atom stereocenters. The molecule has 0 saturated carbocycles. The third kappa shape index (κ3) is 9.22. The van der Waals surface area contributed by atoms with Gasteiger partial charge in [-0.25, -0.2) is 0 Å². The van der Waals surface area contributed by atoms with Crippen molar-refractivity contribution in [3.63, 3.8) is 0 Å². The second-order valence-corrected chi connectivity index (χ2v) is 46.2. The fraction of sp³-hybridized carbons (Fsp3) is 0.0250. The monoisotopic (exact) mass is 1230 g/mol. The second-order valence-electron chi connectivity index (χ2n) is 11.3. The van der Waals surface area contributed by atoms with Crippen molar-refractivity contribution in [1.82, 2.24) is 0 Å². The molecule has 0 N–H and O–H groups in total. The molecule has 1 heterocycles. The zero-order valence-electron chi connectivity index (χ0n) is 27.4. The molecule has 51 heavy (non-hydrogen) atoms. The zero-order valence-corrected chi connectivity index (χ0v) is 41.5. The van der Waals surface area contributed by atoms with Gasteiger partial charge in [-0.1, -0.05) is 182 Å². The standard InChI is InChI=1S/C37H31O3P3.C2H2.C.2Bi.2ClH.Zr.H/c38-41(31-19-7-1-8-20-31,32-21-9-2-10-22-32)37(42(39,33-23-11-3-12-24-33)34-25-13-4-14-26-34)43(40,35-27-15-5-16-28-35)36-29-17-6-18-30-36;1-2;;;;;;;/h1-30,37H;1-2H;;;;2*1H;;. The Balaban J connectivity index is 0.000000662. The van der Waals surface area contributed by atoms with Gasteiger partial charge in [0.2, 0.25) is 0 Å². The molecule has 0 unspecified atom stereocenters. The van der Waals surface area contributed by atoms with Crippen molar-refractivity contribution in [2.75, 3.05) is 0 Å². The molecular formula is C40H36Bi2Cl2O3P3Zr. The summed E-state index contributed by atoms with van der Waals surface area (Å²) in [7, 11) is -11.9. The van der Waals surface area contributed by atoms with Crippen molar-refractivity contribution in [2.45, 2.75) is 5.14 Å². The third-order valence-corrected chi connectivity index (χ3v) is 46.2. The van der Waals surface area contributed by atoms with Gasteiger partial charge in [0.15, 0.2) is 21.4 Å². The molecule has 0 saturated heterocycles. The number of hydrogen-bond acceptors (Lipinski definition) is 3. The number of rotatable bonds is 9. The minimum absolute atomic E-state index is 0.